The Balaban J connectivity index is 1.41. The second-order valence-electron chi connectivity index (χ2n) is 7.58. The molecular formula is C22H25ClN2O2S. The predicted molar refractivity (Wildman–Crippen MR) is 112 cm³/mol. The van der Waals surface area contributed by atoms with Crippen molar-refractivity contribution in [1.29, 1.82) is 0 Å². The zero-order valence-corrected chi connectivity index (χ0v) is 17.3. The van der Waals surface area contributed by atoms with Gasteiger partial charge in [-0.25, -0.2) is 8.51 Å². The van der Waals surface area contributed by atoms with Crippen molar-refractivity contribution >= 4 is 28.5 Å². The molecule has 6 heteroatoms. The smallest absolute Gasteiger partial charge is 0.224 e. The first-order chi connectivity index (χ1) is 13.6. The summed E-state index contributed by atoms with van der Waals surface area (Å²) >= 11 is 5.93. The summed E-state index contributed by atoms with van der Waals surface area (Å²) in [7, 11) is -1.26. The first-order valence-corrected chi connectivity index (χ1v) is 11.4. The van der Waals surface area contributed by atoms with Crippen molar-refractivity contribution in [1.82, 2.24) is 9.62 Å². The lowest BCUT2D eigenvalue weighted by Crippen LogP contribution is -2.44. The number of fused-ring (bicyclic) bond motifs is 1. The second kappa shape index (κ2) is 8.76. The lowest BCUT2D eigenvalue weighted by atomic mass is 9.87. The molecule has 1 N–H and O–H groups in total. The van der Waals surface area contributed by atoms with Gasteiger partial charge in [0.25, 0.3) is 0 Å². The molecule has 0 radical (unpaired) electrons. The minimum atomic E-state index is -1.26. The molecule has 2 aromatic rings. The average Bonchev–Trinajstić information content (AvgIpc) is 2.74. The summed E-state index contributed by atoms with van der Waals surface area (Å²) in [6.07, 6.45) is 4.88. The molecule has 0 bridgehead atoms. The number of aryl methyl sites for hydroxylation is 1. The highest BCUT2D eigenvalue weighted by Crippen LogP contribution is 2.30. The van der Waals surface area contributed by atoms with Gasteiger partial charge in [-0.3, -0.25) is 4.79 Å². The number of halogens is 1. The standard InChI is InChI=1S/C22H25ClN2O2S/c23-18-10-12-19(13-11-18)28(27)25-14-4-7-17(15-25)22(26)24-21-9-3-6-16-5-1-2-8-20(16)21/h1-2,5,8,10-13,17,21H,3-4,6-7,9,14-15H2,(H,24,26). The highest BCUT2D eigenvalue weighted by atomic mass is 35.5. The number of nitrogens with one attached hydrogen (secondary N) is 1. The molecule has 1 aliphatic carbocycles. The number of piperidine rings is 1. The van der Waals surface area contributed by atoms with Gasteiger partial charge in [0.15, 0.2) is 0 Å². The van der Waals surface area contributed by atoms with Gasteiger partial charge < -0.3 is 5.32 Å². The second-order valence-corrected chi connectivity index (χ2v) is 9.50. The molecule has 1 heterocycles. The van der Waals surface area contributed by atoms with E-state index in [2.05, 4.69) is 23.5 Å². The van der Waals surface area contributed by atoms with Crippen molar-refractivity contribution in [2.24, 2.45) is 5.92 Å². The van der Waals surface area contributed by atoms with Gasteiger partial charge in [-0.2, -0.15) is 0 Å². The van der Waals surface area contributed by atoms with Gasteiger partial charge in [-0.15, -0.1) is 0 Å². The third-order valence-electron chi connectivity index (χ3n) is 5.69. The molecule has 1 aliphatic heterocycles. The predicted octanol–water partition coefficient (Wildman–Crippen LogP) is 4.27. The fraction of sp³-hybridized carbons (Fsp3) is 0.409. The first-order valence-electron chi connectivity index (χ1n) is 9.92. The van der Waals surface area contributed by atoms with Crippen LogP contribution >= 0.6 is 11.6 Å². The van der Waals surface area contributed by atoms with Crippen LogP contribution in [-0.2, 0) is 22.2 Å². The number of hydrogen-bond donors (Lipinski definition) is 1. The maximum atomic E-state index is 13.0. The summed E-state index contributed by atoms with van der Waals surface area (Å²) in [6.45, 7) is 1.26. The third-order valence-corrected chi connectivity index (χ3v) is 7.42. The molecule has 2 aromatic carbocycles. The van der Waals surface area contributed by atoms with Crippen molar-refractivity contribution < 1.29 is 9.00 Å². The lowest BCUT2D eigenvalue weighted by Gasteiger charge is -2.33. The van der Waals surface area contributed by atoms with Crippen molar-refractivity contribution in [3.63, 3.8) is 0 Å². The molecule has 4 nitrogen and oxygen atoms in total. The minimum absolute atomic E-state index is 0.0829. The van der Waals surface area contributed by atoms with Gasteiger partial charge >= 0.3 is 0 Å². The topological polar surface area (TPSA) is 49.4 Å². The average molecular weight is 417 g/mol. The Morgan fingerprint density at radius 3 is 2.68 bits per heavy atom. The molecule has 3 atom stereocenters. The molecule has 148 valence electrons. The summed E-state index contributed by atoms with van der Waals surface area (Å²) in [6, 6.07) is 15.6. The van der Waals surface area contributed by atoms with Crippen molar-refractivity contribution in [3.05, 3.63) is 64.7 Å². The maximum Gasteiger partial charge on any atom is 0.224 e. The van der Waals surface area contributed by atoms with Crippen molar-refractivity contribution in [2.75, 3.05) is 13.1 Å². The molecule has 1 saturated heterocycles. The Hall–Kier alpha value is -1.69. The van der Waals surface area contributed by atoms with Gasteiger partial charge in [-0.1, -0.05) is 35.9 Å². The lowest BCUT2D eigenvalue weighted by molar-refractivity contribution is -0.126. The third kappa shape index (κ3) is 4.32. The van der Waals surface area contributed by atoms with Crippen LogP contribution in [-0.4, -0.2) is 27.5 Å². The van der Waals surface area contributed by atoms with Crippen LogP contribution in [0.3, 0.4) is 0 Å². The molecule has 4 rings (SSSR count). The monoisotopic (exact) mass is 416 g/mol. The zero-order valence-electron chi connectivity index (χ0n) is 15.8. The molecule has 1 amide bonds. The molecule has 28 heavy (non-hydrogen) atoms. The number of amides is 1. The molecule has 3 unspecified atom stereocenters. The van der Waals surface area contributed by atoms with E-state index < -0.39 is 11.0 Å². The van der Waals surface area contributed by atoms with E-state index in [0.29, 0.717) is 11.6 Å². The molecule has 0 aromatic heterocycles. The van der Waals surface area contributed by atoms with Crippen LogP contribution in [0.4, 0.5) is 0 Å². The summed E-state index contributed by atoms with van der Waals surface area (Å²) in [5.74, 6) is -0.0430. The molecule has 2 aliphatic rings. The van der Waals surface area contributed by atoms with E-state index in [9.17, 15) is 9.00 Å². The number of benzene rings is 2. The van der Waals surface area contributed by atoms with Crippen LogP contribution in [0, 0.1) is 5.92 Å². The van der Waals surface area contributed by atoms with Gasteiger partial charge in [0, 0.05) is 18.1 Å². The quantitative estimate of drug-likeness (QED) is 0.809. The highest BCUT2D eigenvalue weighted by molar-refractivity contribution is 7.82. The summed E-state index contributed by atoms with van der Waals surface area (Å²) in [5.41, 5.74) is 2.59. The van der Waals surface area contributed by atoms with E-state index in [-0.39, 0.29) is 17.9 Å². The van der Waals surface area contributed by atoms with E-state index in [1.807, 2.05) is 10.4 Å². The van der Waals surface area contributed by atoms with E-state index in [1.165, 1.54) is 11.1 Å². The van der Waals surface area contributed by atoms with Crippen LogP contribution in [0.15, 0.2) is 53.4 Å². The molecule has 0 saturated carbocycles. The number of carbonyl (C=O) groups excluding carboxylic acids is 1. The van der Waals surface area contributed by atoms with Gasteiger partial charge in [0.2, 0.25) is 5.91 Å². The normalized spacial score (nSPS) is 23.6. The summed E-state index contributed by atoms with van der Waals surface area (Å²) in [5, 5.41) is 3.90. The van der Waals surface area contributed by atoms with E-state index >= 15 is 0 Å². The Labute approximate surface area is 173 Å². The fourth-order valence-electron chi connectivity index (χ4n) is 4.20. The van der Waals surface area contributed by atoms with Gasteiger partial charge in [-0.05, 0) is 67.5 Å². The number of hydrogen-bond acceptors (Lipinski definition) is 2. The Bertz CT molecular complexity index is 871. The Morgan fingerprint density at radius 1 is 1.07 bits per heavy atom. The van der Waals surface area contributed by atoms with Crippen LogP contribution in [0.5, 0.6) is 0 Å². The fourth-order valence-corrected chi connectivity index (χ4v) is 5.60. The van der Waals surface area contributed by atoms with Gasteiger partial charge in [0.05, 0.1) is 16.9 Å². The van der Waals surface area contributed by atoms with E-state index in [0.717, 1.165) is 43.5 Å². The Kier molecular flexibility index (Phi) is 6.14. The van der Waals surface area contributed by atoms with Gasteiger partial charge in [0.1, 0.15) is 11.0 Å². The zero-order chi connectivity index (χ0) is 19.5. The molecule has 0 spiro atoms. The molecular weight excluding hydrogens is 392 g/mol. The summed E-state index contributed by atoms with van der Waals surface area (Å²) < 4.78 is 14.8. The number of carbonyl (C=O) groups is 1. The van der Waals surface area contributed by atoms with Crippen molar-refractivity contribution in [3.8, 4) is 0 Å². The SMILES string of the molecule is O=C(NC1CCCc2ccccc21)C1CCCN(S(=O)c2ccc(Cl)cc2)C1. The first kappa shape index (κ1) is 19.6. The Morgan fingerprint density at radius 2 is 1.86 bits per heavy atom. The molecule has 1 fully saturated rings. The minimum Gasteiger partial charge on any atom is -0.349 e. The van der Waals surface area contributed by atoms with Crippen LogP contribution in [0.1, 0.15) is 42.9 Å². The number of nitrogens with zero attached hydrogens (tertiary/aromatic N) is 1. The van der Waals surface area contributed by atoms with Crippen LogP contribution in [0.25, 0.3) is 0 Å². The van der Waals surface area contributed by atoms with Crippen molar-refractivity contribution in [2.45, 2.75) is 43.0 Å². The largest absolute Gasteiger partial charge is 0.349 e. The number of rotatable bonds is 4. The van der Waals surface area contributed by atoms with Crippen LogP contribution < -0.4 is 5.32 Å². The highest BCUT2D eigenvalue weighted by Gasteiger charge is 2.31. The summed E-state index contributed by atoms with van der Waals surface area (Å²) in [4.78, 5) is 13.7. The van der Waals surface area contributed by atoms with Crippen LogP contribution in [0.2, 0.25) is 5.02 Å². The maximum absolute atomic E-state index is 13.0. The van der Waals surface area contributed by atoms with E-state index in [1.54, 1.807) is 24.3 Å². The van der Waals surface area contributed by atoms with E-state index in [4.69, 9.17) is 11.6 Å².